The van der Waals surface area contributed by atoms with Gasteiger partial charge >= 0.3 is 5.69 Å². The molecule has 8 nitrogen and oxygen atoms in total. The van der Waals surface area contributed by atoms with Gasteiger partial charge in [0.1, 0.15) is 0 Å². The molecule has 1 saturated heterocycles. The molecule has 3 aromatic heterocycles. The largest absolute Gasteiger partial charge is 0.329 e. The Balaban J connectivity index is 1.73. The summed E-state index contributed by atoms with van der Waals surface area (Å²) >= 11 is 0. The van der Waals surface area contributed by atoms with E-state index in [1.165, 1.54) is 30.3 Å². The second kappa shape index (κ2) is 6.42. The van der Waals surface area contributed by atoms with Crippen LogP contribution in [0.15, 0.2) is 15.8 Å². The lowest BCUT2D eigenvalue weighted by molar-refractivity contribution is 0.139. The van der Waals surface area contributed by atoms with E-state index >= 15 is 0 Å². The maximum atomic E-state index is 12.3. The Bertz CT molecular complexity index is 1070. The molecule has 0 aromatic carbocycles. The average molecular weight is 358 g/mol. The van der Waals surface area contributed by atoms with E-state index in [1.807, 2.05) is 13.1 Å². The quantitative estimate of drug-likeness (QED) is 0.761. The number of piperidine rings is 1. The molecule has 1 N–H and O–H groups in total. The van der Waals surface area contributed by atoms with Gasteiger partial charge in [0, 0.05) is 38.1 Å². The summed E-state index contributed by atoms with van der Waals surface area (Å²) in [6.45, 7) is 7.25. The zero-order valence-corrected chi connectivity index (χ0v) is 15.7. The molecule has 1 aliphatic rings. The summed E-state index contributed by atoms with van der Waals surface area (Å²) in [6.07, 6.45) is 6.98. The van der Waals surface area contributed by atoms with E-state index in [9.17, 15) is 9.59 Å². The van der Waals surface area contributed by atoms with Gasteiger partial charge in [-0.25, -0.2) is 4.79 Å². The van der Waals surface area contributed by atoms with Gasteiger partial charge in [0.25, 0.3) is 5.56 Å². The Morgan fingerprint density at radius 2 is 2.08 bits per heavy atom. The van der Waals surface area contributed by atoms with Crippen molar-refractivity contribution in [2.24, 2.45) is 7.05 Å². The lowest BCUT2D eigenvalue weighted by atomic mass is 10.0. The molecule has 140 valence electrons. The van der Waals surface area contributed by atoms with Gasteiger partial charge in [-0.3, -0.25) is 23.6 Å². The van der Waals surface area contributed by atoms with Crippen molar-refractivity contribution < 1.29 is 0 Å². The topological polar surface area (TPSA) is 80.3 Å². The highest BCUT2D eigenvalue weighted by atomic mass is 16.2. The third-order valence-corrected chi connectivity index (χ3v) is 5.75. The van der Waals surface area contributed by atoms with Crippen molar-refractivity contribution in [2.75, 3.05) is 13.1 Å². The molecule has 1 fully saturated rings. The molecule has 4 rings (SSSR count). The predicted molar refractivity (Wildman–Crippen MR) is 101 cm³/mol. The van der Waals surface area contributed by atoms with Gasteiger partial charge < -0.3 is 4.57 Å². The summed E-state index contributed by atoms with van der Waals surface area (Å²) in [5, 5.41) is 0. The number of rotatable bonds is 4. The van der Waals surface area contributed by atoms with Gasteiger partial charge in [-0.15, -0.1) is 0 Å². The Morgan fingerprint density at radius 1 is 1.27 bits per heavy atom. The minimum absolute atomic E-state index is 0.394. The number of nitrogens with zero attached hydrogens (tertiary/aromatic N) is 5. The normalized spacial score (nSPS) is 19.0. The molecule has 0 radical (unpaired) electrons. The Hall–Kier alpha value is -2.35. The summed E-state index contributed by atoms with van der Waals surface area (Å²) < 4.78 is 5.34. The van der Waals surface area contributed by atoms with Crippen LogP contribution in [0.25, 0.3) is 16.9 Å². The van der Waals surface area contributed by atoms with Crippen molar-refractivity contribution >= 4 is 16.9 Å². The maximum Gasteiger partial charge on any atom is 0.329 e. The second-order valence-corrected chi connectivity index (χ2v) is 7.29. The lowest BCUT2D eigenvalue weighted by Gasteiger charge is -2.35. The number of aryl methyl sites for hydroxylation is 2. The first-order chi connectivity index (χ1) is 12.5. The van der Waals surface area contributed by atoms with Crippen LogP contribution in [-0.2, 0) is 13.6 Å². The smallest absolute Gasteiger partial charge is 0.313 e. The van der Waals surface area contributed by atoms with Gasteiger partial charge in [-0.2, -0.15) is 4.98 Å². The molecule has 26 heavy (non-hydrogen) atoms. The van der Waals surface area contributed by atoms with Crippen LogP contribution in [0, 0.1) is 6.92 Å². The first-order valence-corrected chi connectivity index (χ1v) is 9.42. The number of H-pyrrole nitrogens is 1. The summed E-state index contributed by atoms with van der Waals surface area (Å²) in [5.74, 6) is 0.717. The number of fused-ring (bicyclic) bond motifs is 3. The molecule has 0 aliphatic carbocycles. The highest BCUT2D eigenvalue weighted by Gasteiger charge is 2.22. The highest BCUT2D eigenvalue weighted by Crippen LogP contribution is 2.20. The first kappa shape index (κ1) is 17.1. The van der Waals surface area contributed by atoms with Crippen LogP contribution in [0.5, 0.6) is 0 Å². The fraction of sp³-hybridized carbons (Fsp3) is 0.611. The second-order valence-electron chi connectivity index (χ2n) is 7.29. The summed E-state index contributed by atoms with van der Waals surface area (Å²) in [6, 6.07) is 0.665. The van der Waals surface area contributed by atoms with Crippen molar-refractivity contribution in [3.05, 3.63) is 32.7 Å². The number of aromatic amines is 1. The van der Waals surface area contributed by atoms with Crippen LogP contribution in [-0.4, -0.2) is 47.5 Å². The summed E-state index contributed by atoms with van der Waals surface area (Å²) in [7, 11) is 1.63. The van der Waals surface area contributed by atoms with Crippen LogP contribution in [0.4, 0.5) is 0 Å². The molecular weight excluding hydrogens is 332 g/mol. The van der Waals surface area contributed by atoms with Crippen molar-refractivity contribution in [3.8, 4) is 0 Å². The number of nitrogens with one attached hydrogen (secondary N) is 1. The van der Waals surface area contributed by atoms with Gasteiger partial charge in [0.2, 0.25) is 5.78 Å². The molecule has 0 bridgehead atoms. The minimum atomic E-state index is -0.439. The van der Waals surface area contributed by atoms with Crippen LogP contribution in [0.2, 0.25) is 0 Å². The van der Waals surface area contributed by atoms with E-state index in [1.54, 1.807) is 11.4 Å². The fourth-order valence-corrected chi connectivity index (χ4v) is 4.24. The van der Waals surface area contributed by atoms with Crippen LogP contribution in [0.1, 0.15) is 38.3 Å². The van der Waals surface area contributed by atoms with Crippen LogP contribution >= 0.6 is 0 Å². The van der Waals surface area contributed by atoms with E-state index < -0.39 is 11.2 Å². The van der Waals surface area contributed by atoms with Gasteiger partial charge in [0.15, 0.2) is 11.2 Å². The SMILES string of the molecule is CC[C@@H]1CCCCN1CCn1c(C)cn2c3c(=O)[nH]c(=O)n(C)c3nc12. The molecule has 8 heteroatoms. The van der Waals surface area contributed by atoms with Gasteiger partial charge in [0.05, 0.1) is 0 Å². The van der Waals surface area contributed by atoms with Crippen molar-refractivity contribution in [1.29, 1.82) is 0 Å². The number of aromatic nitrogens is 5. The number of imidazole rings is 2. The van der Waals surface area contributed by atoms with E-state index in [4.69, 9.17) is 0 Å². The highest BCUT2D eigenvalue weighted by molar-refractivity contribution is 5.75. The Morgan fingerprint density at radius 3 is 2.85 bits per heavy atom. The molecule has 0 spiro atoms. The predicted octanol–water partition coefficient (Wildman–Crippen LogP) is 1.25. The van der Waals surface area contributed by atoms with Crippen molar-refractivity contribution in [3.63, 3.8) is 0 Å². The molecule has 0 amide bonds. The minimum Gasteiger partial charge on any atom is -0.313 e. The molecule has 1 aliphatic heterocycles. The maximum absolute atomic E-state index is 12.3. The zero-order chi connectivity index (χ0) is 18.4. The lowest BCUT2D eigenvalue weighted by Crippen LogP contribution is -2.40. The molecular formula is C18H26N6O2. The van der Waals surface area contributed by atoms with Gasteiger partial charge in [-0.05, 0) is 32.7 Å². The van der Waals surface area contributed by atoms with E-state index in [0.29, 0.717) is 23.0 Å². The Labute approximate surface area is 151 Å². The van der Waals surface area contributed by atoms with E-state index in [2.05, 4.69) is 26.4 Å². The van der Waals surface area contributed by atoms with Crippen LogP contribution in [0.3, 0.4) is 0 Å². The summed E-state index contributed by atoms with van der Waals surface area (Å²) in [4.78, 5) is 33.7. The number of hydrogen-bond donors (Lipinski definition) is 1. The number of hydrogen-bond acceptors (Lipinski definition) is 4. The average Bonchev–Trinajstić information content (AvgIpc) is 3.13. The first-order valence-electron chi connectivity index (χ1n) is 9.42. The molecule has 1 atom stereocenters. The third kappa shape index (κ3) is 2.59. The van der Waals surface area contributed by atoms with Crippen LogP contribution < -0.4 is 11.2 Å². The van der Waals surface area contributed by atoms with E-state index in [-0.39, 0.29) is 0 Å². The van der Waals surface area contributed by atoms with Gasteiger partial charge in [-0.1, -0.05) is 13.3 Å². The number of likely N-dealkylation sites (tertiary alicyclic amines) is 1. The Kier molecular flexibility index (Phi) is 4.22. The monoisotopic (exact) mass is 358 g/mol. The molecule has 0 unspecified atom stereocenters. The summed E-state index contributed by atoms with van der Waals surface area (Å²) in [5.41, 5.74) is 1.08. The molecule has 3 aromatic rings. The van der Waals surface area contributed by atoms with Crippen molar-refractivity contribution in [2.45, 2.75) is 52.1 Å². The molecule has 0 saturated carbocycles. The fourth-order valence-electron chi connectivity index (χ4n) is 4.24. The van der Waals surface area contributed by atoms with E-state index in [0.717, 1.165) is 25.3 Å². The third-order valence-electron chi connectivity index (χ3n) is 5.75. The zero-order valence-electron chi connectivity index (χ0n) is 15.7. The molecule has 4 heterocycles. The van der Waals surface area contributed by atoms with Crippen molar-refractivity contribution in [1.82, 2.24) is 28.4 Å². The standard InChI is InChI=1S/C18H26N6O2/c1-4-13-7-5-6-8-22(13)9-10-23-12(2)11-24-14-15(19-17(23)24)21(3)18(26)20-16(14)25/h11,13H,4-10H2,1-3H3,(H,20,25,26)/t13-/m1/s1.